The first-order chi connectivity index (χ1) is 47.3. The van der Waals surface area contributed by atoms with Gasteiger partial charge in [0, 0.05) is 142 Å². The van der Waals surface area contributed by atoms with E-state index in [1.165, 1.54) is 0 Å². The molecule has 31 nitrogen and oxygen atoms in total. The zero-order valence-electron chi connectivity index (χ0n) is 55.7. The van der Waals surface area contributed by atoms with Crippen LogP contribution in [0.5, 0.6) is 0 Å². The Labute approximate surface area is 580 Å². The molecule has 16 rings (SSSR count). The van der Waals surface area contributed by atoms with Crippen LogP contribution < -0.4 is 87.2 Å². The quantitative estimate of drug-likeness (QED) is 0.0685. The molecule has 1 aromatic carbocycles. The number of nitrogens with two attached hydrogens (primary N) is 10. The molecule has 5 aliphatic rings. The monoisotopic (exact) mass is 1390 g/mol. The molecule has 5 saturated heterocycles. The molecule has 0 unspecified atom stereocenters. The van der Waals surface area contributed by atoms with Crippen LogP contribution in [-0.2, 0) is 0 Å². The van der Waals surface area contributed by atoms with Crippen LogP contribution in [0.25, 0.3) is 28.2 Å². The van der Waals surface area contributed by atoms with Gasteiger partial charge in [-0.25, -0.2) is 24.9 Å². The fourth-order valence-corrected chi connectivity index (χ4v) is 14.3. The number of hydrogen-bond donors (Lipinski definition) is 11. The number of nitrogen functional groups attached to an aromatic ring is 5. The van der Waals surface area contributed by atoms with Gasteiger partial charge in [-0.2, -0.15) is 48.1 Å². The summed E-state index contributed by atoms with van der Waals surface area (Å²) in [6.07, 6.45) is 17.0. The molecule has 98 heavy (non-hydrogen) atoms. The van der Waals surface area contributed by atoms with Gasteiger partial charge < -0.3 is 87.2 Å². The third-order valence-corrected chi connectivity index (χ3v) is 20.2. The van der Waals surface area contributed by atoms with Crippen molar-refractivity contribution in [3.63, 3.8) is 0 Å². The second-order valence-corrected chi connectivity index (χ2v) is 28.2. The molecule has 0 spiro atoms. The summed E-state index contributed by atoms with van der Waals surface area (Å²) >= 11 is 5.03. The fraction of sp³-hybridized carbons (Fsp3) is 0.406. The zero-order valence-corrected chi connectivity index (χ0v) is 58.2. The maximum Gasteiger partial charge on any atom is 0.183 e. The van der Waals surface area contributed by atoms with Crippen molar-refractivity contribution in [1.29, 1.82) is 0 Å². The van der Waals surface area contributed by atoms with E-state index in [-0.39, 0.29) is 30.2 Å². The Morgan fingerprint density at radius 3 is 1.19 bits per heavy atom. The summed E-state index contributed by atoms with van der Waals surface area (Å²) in [6, 6.07) is 20.6. The first-order valence-electron chi connectivity index (χ1n) is 32.8. The number of nitrogens with zero attached hydrogens (tertiary/aromatic N) is 20. The summed E-state index contributed by atoms with van der Waals surface area (Å²) in [5.41, 5.74) is 66.7. The molecule has 5 fully saturated rings. The largest absolute Gasteiger partial charge is 0.383 e. The Hall–Kier alpha value is -9.29. The lowest BCUT2D eigenvalue weighted by molar-refractivity contribution is 0.751. The molecule has 5 aliphatic heterocycles. The molecule has 0 amide bonds. The normalized spacial score (nSPS) is 19.1. The number of benzene rings is 1. The van der Waals surface area contributed by atoms with Crippen molar-refractivity contribution in [1.82, 2.24) is 73.0 Å². The van der Waals surface area contributed by atoms with E-state index in [0.29, 0.717) is 34.7 Å². The molecule has 0 aliphatic carbocycles. The van der Waals surface area contributed by atoms with Gasteiger partial charge in [0.1, 0.15) is 63.9 Å². The Morgan fingerprint density at radius 2 is 0.806 bits per heavy atom. The van der Waals surface area contributed by atoms with E-state index in [0.717, 1.165) is 198 Å². The van der Waals surface area contributed by atoms with Crippen LogP contribution in [0.4, 0.5) is 63.9 Å². The third-order valence-electron chi connectivity index (χ3n) is 17.3. The number of allylic oxidation sites excluding steroid dienone is 1. The SMILES string of the molecule is C=C(C)Nc1cnn2c(N)cc(N3CC[C@H](N)C3)nc12.CCCSc1cnn2c(N)cc(N3CC[C@H](N)C3)nc12.CSc1cnn2c(N)cc(N3CC[C@H](N)C3)nc12.Cc1cnn2c(N)cc(N3CC[C@H](N)C3)nc12.Nc1cc(N2CC[C@H](N)C2)nc2c(Sc3ccccc3)cnn12. The standard InChI is InChI=1S/C16H18N6S.C13H19N7.C13H20N6S.C11H16N6S.C11H16N6/c17-11-6-7-21(10-11)15-8-14(18)22-16(20-15)13(9-19-22)23-12-4-2-1-3-5-12;1-8(2)17-10-6-16-20-11(15)5-12(18-13(10)20)19-4-3-9(14)7-19;1-2-5-20-10-7-16-19-11(15)6-12(17-13(10)19)18-4-3-9(14)8-18;1-18-8-5-14-17-9(13)4-10(15-11(8)17)16-3-2-7(12)6-16;1-7-5-14-17-9(13)4-10(15-11(7)17)16-3-2-8(12)6-16/h1-5,8-9,11H,6-7,10,17-18H2;5-6,9,17H,1,3-4,7,14-15H2,2H3;6-7,9H,2-5,8,14-15H2,1H3;4-5,7H,2-3,6,12-13H2,1H3;4-5,8H,2-3,6,12-13H2,1H3/t11-;2*9-;7-;8-/m00000/s1. The van der Waals surface area contributed by atoms with Crippen molar-refractivity contribution in [2.75, 3.05) is 136 Å². The third kappa shape index (κ3) is 15.5. The van der Waals surface area contributed by atoms with Crippen LogP contribution in [-0.4, -0.2) is 181 Å². The van der Waals surface area contributed by atoms with E-state index in [1.807, 2.05) is 81.0 Å². The molecule has 21 N–H and O–H groups in total. The molecule has 11 aromatic rings. The highest BCUT2D eigenvalue weighted by Gasteiger charge is 2.27. The molecular weight excluding hydrogens is 1300 g/mol. The van der Waals surface area contributed by atoms with Crippen molar-refractivity contribution < 1.29 is 0 Å². The second kappa shape index (κ2) is 30.2. The first-order valence-corrected chi connectivity index (χ1v) is 35.8. The van der Waals surface area contributed by atoms with E-state index < -0.39 is 0 Å². The summed E-state index contributed by atoms with van der Waals surface area (Å²) in [4.78, 5) is 38.6. The molecule has 0 bridgehead atoms. The van der Waals surface area contributed by atoms with Crippen LogP contribution >= 0.6 is 35.3 Å². The molecule has 15 heterocycles. The maximum absolute atomic E-state index is 6.16. The van der Waals surface area contributed by atoms with Crippen LogP contribution in [0.3, 0.4) is 0 Å². The summed E-state index contributed by atoms with van der Waals surface area (Å²) in [5.74, 6) is 8.44. The summed E-state index contributed by atoms with van der Waals surface area (Å²) in [5, 5.41) is 24.5. The van der Waals surface area contributed by atoms with Gasteiger partial charge in [-0.1, -0.05) is 43.5 Å². The number of hydrogen-bond acceptors (Lipinski definition) is 29. The topological polar surface area (TPSA) is 439 Å². The molecule has 518 valence electrons. The highest BCUT2D eigenvalue weighted by atomic mass is 32.2. The Balaban J connectivity index is 0.000000117. The van der Waals surface area contributed by atoms with Crippen molar-refractivity contribution in [2.24, 2.45) is 28.7 Å². The number of aromatic nitrogens is 15. The maximum atomic E-state index is 6.16. The molecule has 0 saturated carbocycles. The van der Waals surface area contributed by atoms with Crippen molar-refractivity contribution in [2.45, 2.75) is 109 Å². The highest BCUT2D eigenvalue weighted by molar-refractivity contribution is 7.99. The van der Waals surface area contributed by atoms with Gasteiger partial charge in [-0.3, -0.25) is 0 Å². The number of aryl methyl sites for hydroxylation is 1. The van der Waals surface area contributed by atoms with Gasteiger partial charge in [0.15, 0.2) is 28.2 Å². The lowest BCUT2D eigenvalue weighted by Crippen LogP contribution is -2.27. The van der Waals surface area contributed by atoms with Crippen molar-refractivity contribution >= 4 is 127 Å². The number of rotatable bonds is 13. The molecule has 34 heteroatoms. The minimum absolute atomic E-state index is 0.201. The predicted molar refractivity (Wildman–Crippen MR) is 398 cm³/mol. The van der Waals surface area contributed by atoms with Crippen LogP contribution in [0.15, 0.2) is 124 Å². The average molecular weight is 1390 g/mol. The Morgan fingerprint density at radius 1 is 0.469 bits per heavy atom. The zero-order chi connectivity index (χ0) is 68.9. The van der Waals surface area contributed by atoms with Gasteiger partial charge in [0.2, 0.25) is 0 Å². The number of thioether (sulfide) groups is 2. The van der Waals surface area contributed by atoms with Crippen LogP contribution in [0.2, 0.25) is 0 Å². The molecule has 5 atom stereocenters. The summed E-state index contributed by atoms with van der Waals surface area (Å²) < 4.78 is 8.34. The first kappa shape index (κ1) is 68.6. The Bertz CT molecular complexity index is 4570. The lowest BCUT2D eigenvalue weighted by Gasteiger charge is -2.17. The smallest absolute Gasteiger partial charge is 0.183 e. The minimum Gasteiger partial charge on any atom is -0.383 e. The lowest BCUT2D eigenvalue weighted by atomic mass is 10.3. The van der Waals surface area contributed by atoms with E-state index in [9.17, 15) is 0 Å². The van der Waals surface area contributed by atoms with E-state index in [4.69, 9.17) is 67.3 Å². The van der Waals surface area contributed by atoms with E-state index >= 15 is 0 Å². The number of nitrogens with one attached hydrogen (secondary N) is 1. The van der Waals surface area contributed by atoms with Crippen LogP contribution in [0.1, 0.15) is 57.9 Å². The van der Waals surface area contributed by atoms with Crippen LogP contribution in [0, 0.1) is 6.92 Å². The highest BCUT2D eigenvalue weighted by Crippen LogP contribution is 2.34. The Kier molecular flexibility index (Phi) is 21.2. The predicted octanol–water partition coefficient (Wildman–Crippen LogP) is 4.87. The fourth-order valence-electron chi connectivity index (χ4n) is 12.2. The van der Waals surface area contributed by atoms with Crippen molar-refractivity contribution in [3.8, 4) is 0 Å². The van der Waals surface area contributed by atoms with Gasteiger partial charge in [-0.15, -0.1) is 23.5 Å². The van der Waals surface area contributed by atoms with Gasteiger partial charge in [0.05, 0.1) is 45.7 Å². The molecular formula is C64H89N31S3. The average Bonchev–Trinajstić information content (AvgIpc) is 1.63. The van der Waals surface area contributed by atoms with Crippen molar-refractivity contribution in [3.05, 3.63) is 109 Å². The number of anilines is 11. The second-order valence-electron chi connectivity index (χ2n) is 25.1. The molecule has 0 radical (unpaired) electrons. The van der Waals surface area contributed by atoms with Gasteiger partial charge >= 0.3 is 0 Å². The van der Waals surface area contributed by atoms with E-state index in [1.54, 1.807) is 76.5 Å². The van der Waals surface area contributed by atoms with Gasteiger partial charge in [0.25, 0.3) is 0 Å². The van der Waals surface area contributed by atoms with Gasteiger partial charge in [-0.05, 0) is 76.5 Å². The summed E-state index contributed by atoms with van der Waals surface area (Å²) in [6.45, 7) is 18.6. The van der Waals surface area contributed by atoms with E-state index in [2.05, 4.69) is 95.9 Å². The minimum atomic E-state index is 0.201. The number of fused-ring (bicyclic) bond motifs is 5. The summed E-state index contributed by atoms with van der Waals surface area (Å²) in [7, 11) is 0. The molecule has 10 aromatic heterocycles.